The average Bonchev–Trinajstić information content (AvgIpc) is 2.18. The van der Waals surface area contributed by atoms with Crippen LogP contribution in [0.1, 0.15) is 0 Å². The van der Waals surface area contributed by atoms with Crippen molar-refractivity contribution in [2.75, 3.05) is 7.11 Å². The van der Waals surface area contributed by atoms with Crippen molar-refractivity contribution in [2.45, 2.75) is 0 Å². The van der Waals surface area contributed by atoms with Gasteiger partial charge in [-0.2, -0.15) is 0 Å². The van der Waals surface area contributed by atoms with Crippen molar-refractivity contribution >= 4 is 34.0 Å². The van der Waals surface area contributed by atoms with E-state index in [2.05, 4.69) is 4.98 Å². The van der Waals surface area contributed by atoms with Crippen LogP contribution < -0.4 is 4.74 Å². The van der Waals surface area contributed by atoms with Crippen LogP contribution in [0.4, 0.5) is 0 Å². The number of rotatable bonds is 1. The minimum Gasteiger partial charge on any atom is -0.504 e. The molecule has 2 aromatic rings. The fourth-order valence-corrected chi connectivity index (χ4v) is 1.86. The number of halogens is 2. The summed E-state index contributed by atoms with van der Waals surface area (Å²) in [5, 5.41) is 11.5. The Labute approximate surface area is 96.2 Å². The van der Waals surface area contributed by atoms with Gasteiger partial charge in [0.05, 0.1) is 7.11 Å². The first-order valence-electron chi connectivity index (χ1n) is 4.14. The Morgan fingerprint density at radius 1 is 1.27 bits per heavy atom. The van der Waals surface area contributed by atoms with Crippen LogP contribution in [-0.4, -0.2) is 17.2 Å². The lowest BCUT2D eigenvalue weighted by Crippen LogP contribution is -1.86. The summed E-state index contributed by atoms with van der Waals surface area (Å²) in [6.45, 7) is 0. The highest BCUT2D eigenvalue weighted by molar-refractivity contribution is 6.36. The molecule has 0 bridgehead atoms. The number of ether oxygens (including phenoxy) is 1. The van der Waals surface area contributed by atoms with E-state index < -0.39 is 0 Å². The smallest absolute Gasteiger partial charge is 0.161 e. The molecule has 0 saturated carbocycles. The summed E-state index contributed by atoms with van der Waals surface area (Å²) in [6.07, 6.45) is 0. The molecule has 78 valence electrons. The molecule has 0 aliphatic carbocycles. The van der Waals surface area contributed by atoms with E-state index in [1.54, 1.807) is 12.1 Å². The summed E-state index contributed by atoms with van der Waals surface area (Å²) in [4.78, 5) is 3.88. The van der Waals surface area contributed by atoms with Crippen LogP contribution in [0.25, 0.3) is 10.8 Å². The minimum atomic E-state index is 0.0241. The van der Waals surface area contributed by atoms with Gasteiger partial charge in [0.1, 0.15) is 10.3 Å². The van der Waals surface area contributed by atoms with Crippen molar-refractivity contribution in [2.24, 2.45) is 0 Å². The number of aromatic hydroxyl groups is 1. The Bertz CT molecular complexity index is 528. The molecule has 2 rings (SSSR count). The maximum absolute atomic E-state index is 9.56. The van der Waals surface area contributed by atoms with E-state index in [1.807, 2.05) is 0 Å². The molecule has 0 amide bonds. The average molecular weight is 244 g/mol. The molecule has 0 spiro atoms. The molecule has 15 heavy (non-hydrogen) atoms. The second-order valence-corrected chi connectivity index (χ2v) is 3.73. The van der Waals surface area contributed by atoms with Crippen molar-refractivity contribution in [3.63, 3.8) is 0 Å². The van der Waals surface area contributed by atoms with Gasteiger partial charge in [0.25, 0.3) is 0 Å². The minimum absolute atomic E-state index is 0.0241. The van der Waals surface area contributed by atoms with Crippen molar-refractivity contribution in [3.05, 3.63) is 28.5 Å². The van der Waals surface area contributed by atoms with E-state index >= 15 is 0 Å². The SMILES string of the molecule is COc1cc2cc(Cl)nc(Cl)c2cc1O. The van der Waals surface area contributed by atoms with Gasteiger partial charge >= 0.3 is 0 Å². The number of methoxy groups -OCH3 is 1. The zero-order valence-electron chi connectivity index (χ0n) is 7.79. The summed E-state index contributed by atoms with van der Waals surface area (Å²) < 4.78 is 4.98. The third-order valence-electron chi connectivity index (χ3n) is 2.05. The first kappa shape index (κ1) is 10.3. The lowest BCUT2D eigenvalue weighted by Gasteiger charge is -2.06. The van der Waals surface area contributed by atoms with Crippen LogP contribution in [0.5, 0.6) is 11.5 Å². The van der Waals surface area contributed by atoms with Gasteiger partial charge in [0, 0.05) is 5.39 Å². The molecule has 5 heteroatoms. The maximum Gasteiger partial charge on any atom is 0.161 e. The number of hydrogen-bond donors (Lipinski definition) is 1. The molecule has 0 unspecified atom stereocenters. The number of fused-ring (bicyclic) bond motifs is 1. The third kappa shape index (κ3) is 1.80. The third-order valence-corrected chi connectivity index (χ3v) is 2.53. The Morgan fingerprint density at radius 2 is 2.00 bits per heavy atom. The van der Waals surface area contributed by atoms with Gasteiger partial charge in [-0.25, -0.2) is 4.98 Å². The van der Waals surface area contributed by atoms with E-state index in [0.717, 1.165) is 5.39 Å². The van der Waals surface area contributed by atoms with Crippen LogP contribution in [-0.2, 0) is 0 Å². The highest BCUT2D eigenvalue weighted by Gasteiger charge is 2.08. The molecule has 1 N–H and O–H groups in total. The number of phenolic OH excluding ortho intramolecular Hbond substituents is 1. The van der Waals surface area contributed by atoms with Gasteiger partial charge in [0.15, 0.2) is 11.5 Å². The van der Waals surface area contributed by atoms with Crippen molar-refractivity contribution in [1.29, 1.82) is 0 Å². The Balaban J connectivity index is 2.81. The zero-order valence-corrected chi connectivity index (χ0v) is 9.30. The van der Waals surface area contributed by atoms with Gasteiger partial charge in [-0.1, -0.05) is 23.2 Å². The molecular formula is C10H7Cl2NO2. The number of aromatic nitrogens is 1. The van der Waals surface area contributed by atoms with Crippen LogP contribution in [0.3, 0.4) is 0 Å². The quantitative estimate of drug-likeness (QED) is 0.783. The Morgan fingerprint density at radius 3 is 2.67 bits per heavy atom. The highest BCUT2D eigenvalue weighted by Crippen LogP contribution is 2.34. The predicted molar refractivity (Wildman–Crippen MR) is 60.0 cm³/mol. The molecule has 0 atom stereocenters. The van der Waals surface area contributed by atoms with Crippen LogP contribution in [0, 0.1) is 0 Å². The standard InChI is InChI=1S/C10H7Cl2NO2/c1-15-8-2-5-3-9(11)13-10(12)6(5)4-7(8)14/h2-4,14H,1H3. The lowest BCUT2D eigenvalue weighted by atomic mass is 10.1. The van der Waals surface area contributed by atoms with Crippen LogP contribution in [0.15, 0.2) is 18.2 Å². The molecule has 1 heterocycles. The molecule has 0 fully saturated rings. The van der Waals surface area contributed by atoms with E-state index in [-0.39, 0.29) is 10.9 Å². The maximum atomic E-state index is 9.56. The number of pyridine rings is 1. The molecule has 0 radical (unpaired) electrons. The van der Waals surface area contributed by atoms with Crippen molar-refractivity contribution in [3.8, 4) is 11.5 Å². The second-order valence-electron chi connectivity index (χ2n) is 2.98. The predicted octanol–water partition coefficient (Wildman–Crippen LogP) is 3.26. The zero-order chi connectivity index (χ0) is 11.0. The fourth-order valence-electron chi connectivity index (χ4n) is 1.36. The molecule has 3 nitrogen and oxygen atoms in total. The first-order valence-corrected chi connectivity index (χ1v) is 4.90. The summed E-state index contributed by atoms with van der Waals surface area (Å²) in [5.41, 5.74) is 0. The van der Waals surface area contributed by atoms with E-state index in [1.165, 1.54) is 13.2 Å². The molecular weight excluding hydrogens is 237 g/mol. The summed E-state index contributed by atoms with van der Waals surface area (Å²) >= 11 is 11.6. The van der Waals surface area contributed by atoms with Crippen molar-refractivity contribution in [1.82, 2.24) is 4.98 Å². The van der Waals surface area contributed by atoms with E-state index in [0.29, 0.717) is 16.3 Å². The Hall–Kier alpha value is -1.19. The topological polar surface area (TPSA) is 42.4 Å². The lowest BCUT2D eigenvalue weighted by molar-refractivity contribution is 0.374. The normalized spacial score (nSPS) is 10.6. The van der Waals surface area contributed by atoms with Crippen LogP contribution >= 0.6 is 23.2 Å². The fraction of sp³-hybridized carbons (Fsp3) is 0.100. The molecule has 0 aliphatic heterocycles. The number of nitrogens with zero attached hydrogens (tertiary/aromatic N) is 1. The van der Waals surface area contributed by atoms with Crippen LogP contribution in [0.2, 0.25) is 10.3 Å². The van der Waals surface area contributed by atoms with Gasteiger partial charge in [-0.3, -0.25) is 0 Å². The number of benzene rings is 1. The van der Waals surface area contributed by atoms with Gasteiger partial charge < -0.3 is 9.84 Å². The summed E-state index contributed by atoms with van der Waals surface area (Å²) in [6, 6.07) is 4.81. The van der Waals surface area contributed by atoms with Crippen molar-refractivity contribution < 1.29 is 9.84 Å². The molecule has 1 aromatic heterocycles. The largest absolute Gasteiger partial charge is 0.504 e. The van der Waals surface area contributed by atoms with Gasteiger partial charge in [0.2, 0.25) is 0 Å². The van der Waals surface area contributed by atoms with Gasteiger partial charge in [-0.15, -0.1) is 0 Å². The van der Waals surface area contributed by atoms with E-state index in [9.17, 15) is 5.11 Å². The monoisotopic (exact) mass is 243 g/mol. The number of hydrogen-bond acceptors (Lipinski definition) is 3. The molecule has 1 aromatic carbocycles. The van der Waals surface area contributed by atoms with E-state index in [4.69, 9.17) is 27.9 Å². The Kier molecular flexibility index (Phi) is 2.59. The first-order chi connectivity index (χ1) is 7.11. The number of phenols is 1. The summed E-state index contributed by atoms with van der Waals surface area (Å²) in [7, 11) is 1.48. The molecule has 0 aliphatic rings. The van der Waals surface area contributed by atoms with Gasteiger partial charge in [-0.05, 0) is 23.6 Å². The summed E-state index contributed by atoms with van der Waals surface area (Å²) in [5.74, 6) is 0.400. The highest BCUT2D eigenvalue weighted by atomic mass is 35.5. The molecule has 0 saturated heterocycles. The second kappa shape index (κ2) is 3.76.